The van der Waals surface area contributed by atoms with Gasteiger partial charge in [0.05, 0.1) is 17.4 Å². The van der Waals surface area contributed by atoms with Gasteiger partial charge in [0, 0.05) is 26.0 Å². The predicted molar refractivity (Wildman–Crippen MR) is 160 cm³/mol. The number of fused-ring (bicyclic) bond motifs is 1. The second kappa shape index (κ2) is 17.4. The molecule has 0 aliphatic rings. The number of aromatic nitrogens is 2. The number of carboxylic acid groups (broad SMARTS) is 2. The van der Waals surface area contributed by atoms with Crippen molar-refractivity contribution in [2.24, 2.45) is 22.2 Å². The minimum Gasteiger partial charge on any atom is -0.492 e. The molecule has 2 atom stereocenters. The van der Waals surface area contributed by atoms with Crippen LogP contribution in [0.2, 0.25) is 0 Å². The first kappa shape index (κ1) is 33.7. The van der Waals surface area contributed by atoms with Gasteiger partial charge in [-0.1, -0.05) is 31.2 Å². The quantitative estimate of drug-likeness (QED) is 0.0979. The normalized spacial score (nSPS) is 12.1. The van der Waals surface area contributed by atoms with Crippen molar-refractivity contribution in [2.75, 3.05) is 19.8 Å². The van der Waals surface area contributed by atoms with Gasteiger partial charge in [-0.2, -0.15) is 0 Å². The van der Waals surface area contributed by atoms with Crippen LogP contribution in [-0.4, -0.2) is 69.6 Å². The summed E-state index contributed by atoms with van der Waals surface area (Å²) in [4.78, 5) is 42.5. The Kier molecular flexibility index (Phi) is 13.9. The predicted octanol–water partition coefficient (Wildman–Crippen LogP) is 1.52. The Labute approximate surface area is 244 Å². The Morgan fingerprint density at radius 2 is 1.74 bits per heavy atom. The fourth-order valence-electron chi connectivity index (χ4n) is 3.97. The lowest BCUT2D eigenvalue weighted by atomic mass is 10.1. The first-order valence-electron chi connectivity index (χ1n) is 13.7. The Morgan fingerprint density at radius 3 is 2.33 bits per heavy atom. The summed E-state index contributed by atoms with van der Waals surface area (Å²) in [6, 6.07) is 13.8. The molecule has 0 aliphatic heterocycles. The summed E-state index contributed by atoms with van der Waals surface area (Å²) in [6.07, 6.45) is 1.04. The fraction of sp³-hybridized carbons (Fsp3) is 0.414. The molecular formula is C29H40N6O7. The molecule has 0 spiro atoms. The highest BCUT2D eigenvalue weighted by atomic mass is 16.5. The van der Waals surface area contributed by atoms with Gasteiger partial charge < -0.3 is 36.9 Å². The number of guanidine groups is 1. The molecule has 0 unspecified atom stereocenters. The van der Waals surface area contributed by atoms with E-state index in [0.717, 1.165) is 11.4 Å². The first-order chi connectivity index (χ1) is 20.1. The summed E-state index contributed by atoms with van der Waals surface area (Å²) in [5, 5.41) is 18.2. The van der Waals surface area contributed by atoms with Gasteiger partial charge >= 0.3 is 11.9 Å². The van der Waals surface area contributed by atoms with Gasteiger partial charge in [-0.3, -0.25) is 19.1 Å². The van der Waals surface area contributed by atoms with Crippen LogP contribution in [0.15, 0.2) is 58.3 Å². The zero-order valence-corrected chi connectivity index (χ0v) is 23.9. The molecule has 1 heterocycles. The van der Waals surface area contributed by atoms with Gasteiger partial charge in [0.2, 0.25) is 0 Å². The third-order valence-corrected chi connectivity index (χ3v) is 6.11. The average Bonchev–Trinajstić information content (AvgIpc) is 2.97. The van der Waals surface area contributed by atoms with E-state index in [1.165, 1.54) is 0 Å². The third-order valence-electron chi connectivity index (χ3n) is 6.11. The number of rotatable bonds is 15. The molecule has 3 rings (SSSR count). The van der Waals surface area contributed by atoms with Crippen LogP contribution >= 0.6 is 0 Å². The molecular weight excluding hydrogens is 544 g/mol. The van der Waals surface area contributed by atoms with Crippen molar-refractivity contribution in [3.63, 3.8) is 0 Å². The zero-order chi connectivity index (χ0) is 31.1. The van der Waals surface area contributed by atoms with Crippen LogP contribution in [0, 0.1) is 0 Å². The maximum atomic E-state index is 12.8. The van der Waals surface area contributed by atoms with Crippen LogP contribution in [0.25, 0.3) is 10.9 Å². The molecule has 1 aromatic heterocycles. The third kappa shape index (κ3) is 10.8. The second-order valence-corrected chi connectivity index (χ2v) is 9.23. The summed E-state index contributed by atoms with van der Waals surface area (Å²) in [5.41, 5.74) is 16.8. The van der Waals surface area contributed by atoms with Gasteiger partial charge in [0.25, 0.3) is 5.56 Å². The van der Waals surface area contributed by atoms with E-state index >= 15 is 0 Å². The van der Waals surface area contributed by atoms with Crippen molar-refractivity contribution in [2.45, 2.75) is 58.2 Å². The molecule has 228 valence electrons. The highest BCUT2D eigenvalue weighted by molar-refractivity contribution is 5.77. The van der Waals surface area contributed by atoms with E-state index in [1.54, 1.807) is 29.7 Å². The number of hydrogen-bond acceptors (Lipinski definition) is 8. The van der Waals surface area contributed by atoms with Crippen molar-refractivity contribution in [1.29, 1.82) is 0 Å². The van der Waals surface area contributed by atoms with Crippen LogP contribution in [0.1, 0.15) is 38.1 Å². The monoisotopic (exact) mass is 584 g/mol. The van der Waals surface area contributed by atoms with Crippen molar-refractivity contribution in [3.05, 3.63) is 70.3 Å². The molecule has 2 aromatic carbocycles. The lowest BCUT2D eigenvalue weighted by Crippen LogP contribution is -2.30. The van der Waals surface area contributed by atoms with Crippen LogP contribution in [0.5, 0.6) is 5.75 Å². The van der Waals surface area contributed by atoms with E-state index in [9.17, 15) is 19.5 Å². The lowest BCUT2D eigenvalue weighted by molar-refractivity contribution is -0.150. The number of ether oxygens (including phenoxy) is 2. The molecule has 8 N–H and O–H groups in total. The number of carbonyl (C=O) groups is 2. The fourth-order valence-corrected chi connectivity index (χ4v) is 3.97. The van der Waals surface area contributed by atoms with Gasteiger partial charge in [0.15, 0.2) is 12.1 Å². The van der Waals surface area contributed by atoms with Crippen molar-refractivity contribution < 1.29 is 29.3 Å². The highest BCUT2D eigenvalue weighted by Gasteiger charge is 2.18. The number of carboxylic acids is 2. The number of aliphatic imine (C=N–C) groups is 1. The largest absolute Gasteiger partial charge is 0.492 e. The summed E-state index contributed by atoms with van der Waals surface area (Å²) >= 11 is 0. The van der Waals surface area contributed by atoms with Crippen molar-refractivity contribution in [1.82, 2.24) is 9.55 Å². The molecule has 3 aromatic rings. The molecule has 0 amide bonds. The smallest absolute Gasteiger partial charge is 0.333 e. The molecule has 13 nitrogen and oxygen atoms in total. The van der Waals surface area contributed by atoms with E-state index in [-0.39, 0.29) is 11.5 Å². The van der Waals surface area contributed by atoms with Crippen molar-refractivity contribution in [3.8, 4) is 5.75 Å². The molecule has 0 fully saturated rings. The molecule has 0 saturated heterocycles. The maximum absolute atomic E-state index is 12.8. The minimum absolute atomic E-state index is 0.0129. The first-order valence-corrected chi connectivity index (χ1v) is 13.7. The SMILES string of the molecule is CCO[C@H](Cc1ccc(OCCn2c(CC)nc3ccccc3c2=O)cc1)C(=O)O.NC(N)=NCCC[C@@H](N)C(=O)O. The highest BCUT2D eigenvalue weighted by Crippen LogP contribution is 2.15. The van der Waals surface area contributed by atoms with E-state index in [1.807, 2.05) is 37.3 Å². The average molecular weight is 585 g/mol. The second-order valence-electron chi connectivity index (χ2n) is 9.23. The number of para-hydroxylation sites is 1. The number of nitrogens with zero attached hydrogens (tertiary/aromatic N) is 3. The molecule has 0 bridgehead atoms. The van der Waals surface area contributed by atoms with Gasteiger partial charge in [-0.25, -0.2) is 9.78 Å². The van der Waals surface area contributed by atoms with E-state index in [4.69, 9.17) is 31.8 Å². The number of benzene rings is 2. The molecule has 0 radical (unpaired) electrons. The van der Waals surface area contributed by atoms with Crippen LogP contribution in [0.4, 0.5) is 0 Å². The Balaban J connectivity index is 0.000000435. The molecule has 13 heteroatoms. The Bertz CT molecular complexity index is 1390. The summed E-state index contributed by atoms with van der Waals surface area (Å²) in [6.45, 7) is 5.23. The summed E-state index contributed by atoms with van der Waals surface area (Å²) in [5.74, 6) is -0.577. The number of aliphatic carboxylic acids is 2. The van der Waals surface area contributed by atoms with E-state index in [0.29, 0.717) is 68.6 Å². The molecule has 0 aliphatic carbocycles. The van der Waals surface area contributed by atoms with Crippen LogP contribution in [-0.2, 0) is 33.7 Å². The van der Waals surface area contributed by atoms with Gasteiger partial charge in [-0.15, -0.1) is 0 Å². The van der Waals surface area contributed by atoms with E-state index in [2.05, 4.69) is 9.98 Å². The Morgan fingerprint density at radius 1 is 1.05 bits per heavy atom. The summed E-state index contributed by atoms with van der Waals surface area (Å²) < 4.78 is 12.7. The number of aryl methyl sites for hydroxylation is 1. The topological polar surface area (TPSA) is 218 Å². The van der Waals surface area contributed by atoms with E-state index < -0.39 is 24.1 Å². The number of hydrogen-bond donors (Lipinski definition) is 5. The van der Waals surface area contributed by atoms with Crippen LogP contribution < -0.4 is 27.5 Å². The molecule has 42 heavy (non-hydrogen) atoms. The number of nitrogens with two attached hydrogens (primary N) is 3. The maximum Gasteiger partial charge on any atom is 0.333 e. The molecule has 0 saturated carbocycles. The van der Waals surface area contributed by atoms with Crippen LogP contribution in [0.3, 0.4) is 0 Å². The summed E-state index contributed by atoms with van der Waals surface area (Å²) in [7, 11) is 0. The van der Waals surface area contributed by atoms with Crippen molar-refractivity contribution >= 4 is 28.8 Å². The van der Waals surface area contributed by atoms with Gasteiger partial charge in [-0.05, 0) is 49.6 Å². The lowest BCUT2D eigenvalue weighted by Gasteiger charge is -2.14. The Hall–Kier alpha value is -4.49. The minimum atomic E-state index is -1.00. The standard InChI is InChI=1S/C23H26N2O5.C6H14N4O2/c1-3-21-24-19-8-6-5-7-18(19)22(26)25(21)13-14-30-17-11-9-16(10-12-17)15-20(23(27)28)29-4-2;7-4(5(11)12)2-1-3-10-6(8)9/h5-12,20H,3-4,13-15H2,1-2H3,(H,27,28);4H,1-3,7H2,(H,11,12)(H4,8,9,10)/t20-;4-/m11/s1. The zero-order valence-electron chi connectivity index (χ0n) is 23.9. The van der Waals surface area contributed by atoms with Gasteiger partial charge in [0.1, 0.15) is 24.2 Å².